The number of allylic oxidation sites excluding steroid dienone is 2. The Bertz CT molecular complexity index is 2900. The molecule has 0 saturated heterocycles. The van der Waals surface area contributed by atoms with Gasteiger partial charge in [0.2, 0.25) is 0 Å². The van der Waals surface area contributed by atoms with E-state index in [1.54, 1.807) is 0 Å². The maximum Gasteiger partial charge on any atom is 0.0707 e. The van der Waals surface area contributed by atoms with Crippen molar-refractivity contribution in [2.75, 3.05) is 0 Å². The number of benzene rings is 9. The van der Waals surface area contributed by atoms with Crippen molar-refractivity contribution in [3.63, 3.8) is 0 Å². The van der Waals surface area contributed by atoms with Crippen molar-refractivity contribution in [2.24, 2.45) is 0 Å². The minimum Gasteiger partial charge on any atom is -0.374 e. The fraction of sp³-hybridized carbons (Fsp3) is 0.0566. The molecule has 256 valence electrons. The van der Waals surface area contributed by atoms with Gasteiger partial charge in [0.15, 0.2) is 0 Å². The summed E-state index contributed by atoms with van der Waals surface area (Å²) in [5, 5.41) is 14.0. The van der Waals surface area contributed by atoms with Crippen molar-refractivity contribution in [1.29, 1.82) is 0 Å². The van der Waals surface area contributed by atoms with Crippen LogP contribution in [0.4, 0.5) is 0 Å². The maximum atomic E-state index is 3.83. The highest BCUT2D eigenvalue weighted by Crippen LogP contribution is 2.47. The summed E-state index contributed by atoms with van der Waals surface area (Å²) in [6.45, 7) is 4.44. The zero-order valence-corrected chi connectivity index (χ0v) is 30.5. The standard InChI is InChI=1S/C53H39N/c1-34-14-11-15-35(2)51(34)47-32-33-48(41-20-6-5-19-40(41)47)53-45-23-9-7-21-43(45)52(44-22-8-10-24-46(44)53)38-30-28-37(29-31-38)49-26-13-27-50(54-49)42-25-12-17-36-16-3-4-18-39(36)42/h3-33,50,54H,1-2H3. The van der Waals surface area contributed by atoms with Crippen LogP contribution in [0, 0.1) is 13.8 Å². The fourth-order valence-electron chi connectivity index (χ4n) is 8.93. The molecule has 0 aromatic heterocycles. The molecule has 1 atom stereocenters. The first-order chi connectivity index (χ1) is 26.6. The van der Waals surface area contributed by atoms with Crippen molar-refractivity contribution in [1.82, 2.24) is 5.32 Å². The molecular formula is C53H39N. The Balaban J connectivity index is 1.09. The summed E-state index contributed by atoms with van der Waals surface area (Å²) in [6.07, 6.45) is 6.62. The van der Waals surface area contributed by atoms with Gasteiger partial charge in [-0.05, 0) is 119 Å². The Morgan fingerprint density at radius 2 is 0.870 bits per heavy atom. The van der Waals surface area contributed by atoms with Crippen LogP contribution in [0.5, 0.6) is 0 Å². The molecule has 0 spiro atoms. The number of aryl methyl sites for hydroxylation is 2. The first-order valence-electron chi connectivity index (χ1n) is 18.9. The van der Waals surface area contributed by atoms with Crippen LogP contribution < -0.4 is 5.32 Å². The summed E-state index contributed by atoms with van der Waals surface area (Å²) in [4.78, 5) is 0. The van der Waals surface area contributed by atoms with E-state index in [1.165, 1.54) is 98.7 Å². The van der Waals surface area contributed by atoms with Gasteiger partial charge in [0.1, 0.15) is 0 Å². The van der Waals surface area contributed by atoms with E-state index in [0.717, 1.165) is 5.70 Å². The molecule has 54 heavy (non-hydrogen) atoms. The zero-order valence-electron chi connectivity index (χ0n) is 30.5. The van der Waals surface area contributed by atoms with E-state index >= 15 is 0 Å². The predicted molar refractivity (Wildman–Crippen MR) is 232 cm³/mol. The monoisotopic (exact) mass is 689 g/mol. The lowest BCUT2D eigenvalue weighted by molar-refractivity contribution is 0.770. The second-order valence-corrected chi connectivity index (χ2v) is 14.5. The number of hydrogen-bond acceptors (Lipinski definition) is 1. The fourth-order valence-corrected chi connectivity index (χ4v) is 8.93. The van der Waals surface area contributed by atoms with Gasteiger partial charge >= 0.3 is 0 Å². The van der Waals surface area contributed by atoms with E-state index in [1.807, 2.05) is 0 Å². The molecule has 1 aliphatic rings. The lowest BCUT2D eigenvalue weighted by Crippen LogP contribution is -2.20. The van der Waals surface area contributed by atoms with Crippen LogP contribution in [0.2, 0.25) is 0 Å². The summed E-state index contributed by atoms with van der Waals surface area (Å²) in [5.41, 5.74) is 13.8. The number of nitrogens with one attached hydrogen (secondary N) is 1. The van der Waals surface area contributed by atoms with Crippen molar-refractivity contribution in [3.05, 3.63) is 210 Å². The number of dihydropyridines is 1. The van der Waals surface area contributed by atoms with E-state index in [-0.39, 0.29) is 6.04 Å². The third kappa shape index (κ3) is 5.24. The van der Waals surface area contributed by atoms with E-state index in [9.17, 15) is 0 Å². The Morgan fingerprint density at radius 3 is 1.50 bits per heavy atom. The Hall–Kier alpha value is -6.70. The molecule has 10 rings (SSSR count). The number of fused-ring (bicyclic) bond motifs is 4. The summed E-state index contributed by atoms with van der Waals surface area (Å²) < 4.78 is 0. The van der Waals surface area contributed by atoms with Crippen LogP contribution in [0.25, 0.3) is 82.2 Å². The van der Waals surface area contributed by atoms with Crippen LogP contribution in [-0.4, -0.2) is 0 Å². The SMILES string of the molecule is Cc1cccc(C)c1-c1ccc(-c2c3ccccc3c(-c3ccc(C4=CC=CC(c5cccc6ccccc56)N4)cc3)c3ccccc23)c2ccccc12. The summed E-state index contributed by atoms with van der Waals surface area (Å²) in [7, 11) is 0. The first-order valence-corrected chi connectivity index (χ1v) is 18.9. The van der Waals surface area contributed by atoms with Crippen LogP contribution >= 0.6 is 0 Å². The number of hydrogen-bond donors (Lipinski definition) is 1. The first kappa shape index (κ1) is 32.0. The molecule has 1 nitrogen and oxygen atoms in total. The van der Waals surface area contributed by atoms with Crippen LogP contribution in [0.15, 0.2) is 188 Å². The molecule has 0 radical (unpaired) electrons. The van der Waals surface area contributed by atoms with E-state index < -0.39 is 0 Å². The molecule has 1 heterocycles. The van der Waals surface area contributed by atoms with Gasteiger partial charge in [-0.1, -0.05) is 182 Å². The lowest BCUT2D eigenvalue weighted by Gasteiger charge is -2.24. The topological polar surface area (TPSA) is 12.0 Å². The smallest absolute Gasteiger partial charge is 0.0707 e. The largest absolute Gasteiger partial charge is 0.374 e. The molecule has 1 unspecified atom stereocenters. The molecule has 9 aromatic carbocycles. The van der Waals surface area contributed by atoms with E-state index in [2.05, 4.69) is 207 Å². The molecule has 0 aliphatic carbocycles. The third-order valence-electron chi connectivity index (χ3n) is 11.4. The second kappa shape index (κ2) is 13.1. The highest BCUT2D eigenvalue weighted by molar-refractivity contribution is 6.24. The molecule has 0 bridgehead atoms. The second-order valence-electron chi connectivity index (χ2n) is 14.5. The van der Waals surface area contributed by atoms with Crippen molar-refractivity contribution >= 4 is 48.8 Å². The van der Waals surface area contributed by atoms with Gasteiger partial charge in [0.25, 0.3) is 0 Å². The van der Waals surface area contributed by atoms with Gasteiger partial charge in [-0.3, -0.25) is 0 Å². The normalized spacial score (nSPS) is 14.1. The minimum absolute atomic E-state index is 0.0992. The van der Waals surface area contributed by atoms with Crippen LogP contribution in [0.3, 0.4) is 0 Å². The van der Waals surface area contributed by atoms with Crippen LogP contribution in [-0.2, 0) is 0 Å². The zero-order chi connectivity index (χ0) is 36.2. The predicted octanol–water partition coefficient (Wildman–Crippen LogP) is 14.2. The average molecular weight is 690 g/mol. The Kier molecular flexibility index (Phi) is 7.74. The maximum absolute atomic E-state index is 3.83. The molecular weight excluding hydrogens is 651 g/mol. The average Bonchev–Trinajstić information content (AvgIpc) is 3.23. The third-order valence-corrected chi connectivity index (χ3v) is 11.4. The Morgan fingerprint density at radius 1 is 0.389 bits per heavy atom. The van der Waals surface area contributed by atoms with Gasteiger partial charge in [0, 0.05) is 5.70 Å². The van der Waals surface area contributed by atoms with Gasteiger partial charge in [-0.2, -0.15) is 0 Å². The van der Waals surface area contributed by atoms with Crippen molar-refractivity contribution in [2.45, 2.75) is 19.9 Å². The molecule has 0 saturated carbocycles. The van der Waals surface area contributed by atoms with Gasteiger partial charge < -0.3 is 5.32 Å². The van der Waals surface area contributed by atoms with E-state index in [0.29, 0.717) is 0 Å². The van der Waals surface area contributed by atoms with Crippen molar-refractivity contribution < 1.29 is 0 Å². The molecule has 1 aliphatic heterocycles. The van der Waals surface area contributed by atoms with Crippen LogP contribution in [0.1, 0.15) is 28.3 Å². The van der Waals surface area contributed by atoms with Gasteiger partial charge in [-0.15, -0.1) is 0 Å². The molecule has 1 N–H and O–H groups in total. The summed E-state index contributed by atoms with van der Waals surface area (Å²) in [5.74, 6) is 0. The van der Waals surface area contributed by atoms with Gasteiger partial charge in [0.05, 0.1) is 6.04 Å². The summed E-state index contributed by atoms with van der Waals surface area (Å²) in [6, 6.07) is 62.6. The highest BCUT2D eigenvalue weighted by Gasteiger charge is 2.21. The Labute approximate surface area is 316 Å². The molecule has 0 amide bonds. The minimum atomic E-state index is 0.0992. The molecule has 9 aromatic rings. The lowest BCUT2D eigenvalue weighted by atomic mass is 9.83. The number of rotatable bonds is 5. The van der Waals surface area contributed by atoms with Crippen molar-refractivity contribution in [3.8, 4) is 33.4 Å². The van der Waals surface area contributed by atoms with Gasteiger partial charge in [-0.25, -0.2) is 0 Å². The van der Waals surface area contributed by atoms with E-state index in [4.69, 9.17) is 0 Å². The quantitative estimate of drug-likeness (QED) is 0.177. The highest BCUT2D eigenvalue weighted by atomic mass is 14.9. The summed E-state index contributed by atoms with van der Waals surface area (Å²) >= 11 is 0. The molecule has 0 fully saturated rings. The molecule has 1 heteroatoms.